The first kappa shape index (κ1) is 25.5. The van der Waals surface area contributed by atoms with E-state index in [1.165, 1.54) is 24.8 Å². The van der Waals surface area contributed by atoms with Crippen LogP contribution in [0.1, 0.15) is 51.0 Å². The van der Waals surface area contributed by atoms with Gasteiger partial charge in [0, 0.05) is 50.5 Å². The highest BCUT2D eigenvalue weighted by Gasteiger charge is 2.31. The summed E-state index contributed by atoms with van der Waals surface area (Å²) in [5.41, 5.74) is 2.32. The monoisotopic (exact) mass is 564 g/mol. The Morgan fingerprint density at radius 2 is 1.94 bits per heavy atom. The molecule has 2 heterocycles. The third-order valence-corrected chi connectivity index (χ3v) is 6.52. The van der Waals surface area contributed by atoms with Crippen LogP contribution in [0.3, 0.4) is 0 Å². The maximum Gasteiger partial charge on any atom is 0.225 e. The van der Waals surface area contributed by atoms with E-state index in [0.29, 0.717) is 12.5 Å². The fourth-order valence-corrected chi connectivity index (χ4v) is 4.73. The number of hydrogen-bond donors (Lipinski definition) is 2. The molecule has 0 radical (unpaired) electrons. The molecule has 7 nitrogen and oxygen atoms in total. The summed E-state index contributed by atoms with van der Waals surface area (Å²) in [4.78, 5) is 19.7. The fourth-order valence-electron chi connectivity index (χ4n) is 4.73. The molecule has 1 saturated carbocycles. The summed E-state index contributed by atoms with van der Waals surface area (Å²) in [5.74, 6) is 1.47. The van der Waals surface area contributed by atoms with Crippen LogP contribution in [0, 0.1) is 5.92 Å². The molecule has 2 N–H and O–H groups in total. The lowest BCUT2D eigenvalue weighted by Crippen LogP contribution is -2.45. The third kappa shape index (κ3) is 7.19. The minimum absolute atomic E-state index is 0. The van der Waals surface area contributed by atoms with Gasteiger partial charge in [0.2, 0.25) is 5.91 Å². The van der Waals surface area contributed by atoms with E-state index in [9.17, 15) is 4.79 Å². The van der Waals surface area contributed by atoms with Crippen LogP contribution in [0.4, 0.5) is 0 Å². The molecule has 1 aliphatic carbocycles. The zero-order valence-corrected chi connectivity index (χ0v) is 21.9. The number of nitrogens with one attached hydrogen (secondary N) is 2. The Labute approximate surface area is 214 Å². The lowest BCUT2D eigenvalue weighted by Gasteiger charge is -2.26. The normalized spacial score (nSPS) is 19.2. The van der Waals surface area contributed by atoms with Gasteiger partial charge in [-0.3, -0.25) is 9.79 Å². The second kappa shape index (κ2) is 13.0. The maximum absolute atomic E-state index is 12.8. The number of amides is 1. The molecule has 180 valence electrons. The van der Waals surface area contributed by atoms with Crippen LogP contribution in [-0.2, 0) is 11.2 Å². The first-order valence-corrected chi connectivity index (χ1v) is 12.2. The molecule has 4 rings (SSSR count). The zero-order chi connectivity index (χ0) is 22.2. The number of benzene rings is 1. The Balaban J connectivity index is 0.00000306. The van der Waals surface area contributed by atoms with E-state index in [2.05, 4.69) is 51.8 Å². The van der Waals surface area contributed by atoms with Gasteiger partial charge in [0.25, 0.3) is 0 Å². The summed E-state index contributed by atoms with van der Waals surface area (Å²) in [5, 5.41) is 11.2. The third-order valence-electron chi connectivity index (χ3n) is 6.52. The van der Waals surface area contributed by atoms with Gasteiger partial charge in [-0.25, -0.2) is 4.68 Å². The minimum atomic E-state index is 0. The van der Waals surface area contributed by atoms with Crippen molar-refractivity contribution in [1.29, 1.82) is 0 Å². The zero-order valence-electron chi connectivity index (χ0n) is 19.6. The summed E-state index contributed by atoms with van der Waals surface area (Å²) in [6.07, 6.45) is 11.4. The van der Waals surface area contributed by atoms with Crippen molar-refractivity contribution in [3.8, 4) is 5.69 Å². The standard InChI is InChI=1S/C25H36N6O.HI/c1-2-26-25(27-16-13-20-9-11-23(12-10-20)31-17-6-15-28-31)29-22-14-18-30(19-22)24(32)21-7-4-3-5-8-21;/h6,9-12,15,17,21-22H,2-5,7-8,13-14,16,18-19H2,1H3,(H2,26,27,29);1H. The molecule has 1 unspecified atom stereocenters. The summed E-state index contributed by atoms with van der Waals surface area (Å²) < 4.78 is 1.86. The van der Waals surface area contributed by atoms with E-state index in [1.807, 2.05) is 16.9 Å². The molecule has 1 aromatic heterocycles. The van der Waals surface area contributed by atoms with Crippen molar-refractivity contribution in [2.24, 2.45) is 10.9 Å². The Kier molecular flexibility index (Phi) is 10.0. The lowest BCUT2D eigenvalue weighted by molar-refractivity contribution is -0.135. The van der Waals surface area contributed by atoms with Gasteiger partial charge < -0.3 is 15.5 Å². The van der Waals surface area contributed by atoms with Gasteiger partial charge in [-0.1, -0.05) is 31.4 Å². The van der Waals surface area contributed by atoms with Crippen LogP contribution in [0.2, 0.25) is 0 Å². The average molecular weight is 565 g/mol. The Morgan fingerprint density at radius 1 is 1.15 bits per heavy atom. The van der Waals surface area contributed by atoms with Gasteiger partial charge in [0.1, 0.15) is 0 Å². The molecule has 8 heteroatoms. The second-order valence-electron chi connectivity index (χ2n) is 8.88. The summed E-state index contributed by atoms with van der Waals surface area (Å²) >= 11 is 0. The number of aromatic nitrogens is 2. The lowest BCUT2D eigenvalue weighted by atomic mass is 9.88. The molecule has 1 aliphatic heterocycles. The van der Waals surface area contributed by atoms with Crippen LogP contribution in [0.15, 0.2) is 47.7 Å². The molecule has 1 aromatic carbocycles. The van der Waals surface area contributed by atoms with Gasteiger partial charge in [-0.15, -0.1) is 24.0 Å². The Bertz CT molecular complexity index is 877. The van der Waals surface area contributed by atoms with Crippen LogP contribution in [-0.4, -0.2) is 58.8 Å². The maximum atomic E-state index is 12.8. The first-order valence-electron chi connectivity index (χ1n) is 12.2. The summed E-state index contributed by atoms with van der Waals surface area (Å²) in [6, 6.07) is 10.6. The van der Waals surface area contributed by atoms with Crippen LogP contribution in [0.5, 0.6) is 0 Å². The highest BCUT2D eigenvalue weighted by atomic mass is 127. The highest BCUT2D eigenvalue weighted by Crippen LogP contribution is 2.26. The predicted octanol–water partition coefficient (Wildman–Crippen LogP) is 3.77. The van der Waals surface area contributed by atoms with Gasteiger partial charge in [-0.2, -0.15) is 5.10 Å². The number of aliphatic imine (C=N–C) groups is 1. The smallest absolute Gasteiger partial charge is 0.225 e. The number of hydrogen-bond acceptors (Lipinski definition) is 3. The number of nitrogens with zero attached hydrogens (tertiary/aromatic N) is 4. The molecule has 1 saturated heterocycles. The first-order chi connectivity index (χ1) is 15.7. The molecule has 2 fully saturated rings. The molecule has 0 bridgehead atoms. The number of carbonyl (C=O) groups is 1. The SMILES string of the molecule is CCNC(=NCCc1ccc(-n2cccn2)cc1)NC1CCN(C(=O)C2CCCCC2)C1.I. The van der Waals surface area contributed by atoms with Crippen molar-refractivity contribution in [3.05, 3.63) is 48.3 Å². The molecule has 33 heavy (non-hydrogen) atoms. The van der Waals surface area contributed by atoms with Crippen molar-refractivity contribution < 1.29 is 4.79 Å². The van der Waals surface area contributed by atoms with E-state index in [1.54, 1.807) is 6.20 Å². The van der Waals surface area contributed by atoms with Crippen LogP contribution < -0.4 is 10.6 Å². The Morgan fingerprint density at radius 3 is 2.64 bits per heavy atom. The predicted molar refractivity (Wildman–Crippen MR) is 143 cm³/mol. The molecule has 0 spiro atoms. The summed E-state index contributed by atoms with van der Waals surface area (Å²) in [6.45, 7) is 5.26. The molecular formula is C25H37IN6O. The van der Waals surface area contributed by atoms with E-state index in [4.69, 9.17) is 4.99 Å². The van der Waals surface area contributed by atoms with E-state index >= 15 is 0 Å². The van der Waals surface area contributed by atoms with E-state index in [-0.39, 0.29) is 35.9 Å². The van der Waals surface area contributed by atoms with Crippen molar-refractivity contribution in [2.75, 3.05) is 26.2 Å². The van der Waals surface area contributed by atoms with E-state index in [0.717, 1.165) is 57.0 Å². The number of guanidine groups is 1. The average Bonchev–Trinajstić information content (AvgIpc) is 3.52. The minimum Gasteiger partial charge on any atom is -0.357 e. The largest absolute Gasteiger partial charge is 0.357 e. The van der Waals surface area contributed by atoms with E-state index < -0.39 is 0 Å². The van der Waals surface area contributed by atoms with Crippen LogP contribution in [0.25, 0.3) is 5.69 Å². The molecule has 2 aliphatic rings. The fraction of sp³-hybridized carbons (Fsp3) is 0.560. The van der Waals surface area contributed by atoms with Crippen molar-refractivity contribution in [1.82, 2.24) is 25.3 Å². The number of likely N-dealkylation sites (tertiary alicyclic amines) is 1. The quantitative estimate of drug-likeness (QED) is 0.305. The molecule has 1 amide bonds. The number of rotatable bonds is 7. The van der Waals surface area contributed by atoms with Crippen molar-refractivity contribution >= 4 is 35.8 Å². The molecular weight excluding hydrogens is 527 g/mol. The van der Waals surface area contributed by atoms with Crippen LogP contribution >= 0.6 is 24.0 Å². The molecule has 2 aromatic rings. The Hall–Kier alpha value is -2.10. The van der Waals surface area contributed by atoms with Crippen molar-refractivity contribution in [2.45, 2.75) is 57.9 Å². The van der Waals surface area contributed by atoms with Gasteiger partial charge in [-0.05, 0) is 56.4 Å². The summed E-state index contributed by atoms with van der Waals surface area (Å²) in [7, 11) is 0. The van der Waals surface area contributed by atoms with Gasteiger partial charge >= 0.3 is 0 Å². The highest BCUT2D eigenvalue weighted by molar-refractivity contribution is 14.0. The van der Waals surface area contributed by atoms with Gasteiger partial charge in [0.05, 0.1) is 5.69 Å². The second-order valence-corrected chi connectivity index (χ2v) is 8.88. The van der Waals surface area contributed by atoms with Crippen molar-refractivity contribution in [3.63, 3.8) is 0 Å². The van der Waals surface area contributed by atoms with Gasteiger partial charge in [0.15, 0.2) is 5.96 Å². The molecule has 1 atom stereocenters. The number of halogens is 1. The number of carbonyl (C=O) groups excluding carboxylic acids is 1. The topological polar surface area (TPSA) is 74.6 Å².